The number of anilines is 1. The van der Waals surface area contributed by atoms with Gasteiger partial charge in [0.05, 0.1) is 0 Å². The van der Waals surface area contributed by atoms with Crippen LogP contribution >= 0.6 is 0 Å². The van der Waals surface area contributed by atoms with Crippen LogP contribution in [0.2, 0.25) is 0 Å². The zero-order chi connectivity index (χ0) is 8.39. The Hall–Kier alpha value is -1.12. The van der Waals surface area contributed by atoms with Crippen molar-refractivity contribution in [2.45, 2.75) is 25.8 Å². The maximum atomic E-state index is 3.96. The van der Waals surface area contributed by atoms with Gasteiger partial charge in [0.25, 0.3) is 0 Å². The highest BCUT2D eigenvalue weighted by Gasteiger charge is 2.24. The minimum atomic E-state index is 0.622. The van der Waals surface area contributed by atoms with Crippen LogP contribution in [0.3, 0.4) is 0 Å². The van der Waals surface area contributed by atoms with Crippen molar-refractivity contribution in [3.8, 4) is 0 Å². The molecule has 3 nitrogen and oxygen atoms in total. The zero-order valence-electron chi connectivity index (χ0n) is 7.20. The Morgan fingerprint density at radius 1 is 1.50 bits per heavy atom. The molecule has 1 aromatic heterocycles. The van der Waals surface area contributed by atoms with Gasteiger partial charge in [-0.3, -0.25) is 0 Å². The molecule has 12 heavy (non-hydrogen) atoms. The van der Waals surface area contributed by atoms with Gasteiger partial charge in [0.15, 0.2) is 0 Å². The zero-order valence-corrected chi connectivity index (χ0v) is 7.20. The van der Waals surface area contributed by atoms with E-state index in [1.54, 1.807) is 6.20 Å². The number of hydrogen-bond donors (Lipinski definition) is 1. The summed E-state index contributed by atoms with van der Waals surface area (Å²) in [5.41, 5.74) is 0. The molecule has 0 spiro atoms. The van der Waals surface area contributed by atoms with Crippen molar-refractivity contribution < 1.29 is 0 Å². The van der Waals surface area contributed by atoms with Crippen LogP contribution in [-0.2, 0) is 0 Å². The third-order valence-corrected chi connectivity index (χ3v) is 2.30. The topological polar surface area (TPSA) is 37.8 Å². The Morgan fingerprint density at radius 2 is 2.33 bits per heavy atom. The first kappa shape index (κ1) is 7.53. The van der Waals surface area contributed by atoms with Gasteiger partial charge in [0.1, 0.15) is 5.82 Å². The van der Waals surface area contributed by atoms with Crippen molar-refractivity contribution in [1.29, 1.82) is 0 Å². The van der Waals surface area contributed by atoms with E-state index in [1.165, 1.54) is 12.8 Å². The predicted molar refractivity (Wildman–Crippen MR) is 47.8 cm³/mol. The highest BCUT2D eigenvalue weighted by molar-refractivity contribution is 5.33. The molecule has 1 aliphatic rings. The Bertz CT molecular complexity index is 241. The summed E-state index contributed by atoms with van der Waals surface area (Å²) >= 11 is 0. The average Bonchev–Trinajstić information content (AvgIpc) is 2.04. The maximum Gasteiger partial charge on any atom is 0.148 e. The summed E-state index contributed by atoms with van der Waals surface area (Å²) in [5, 5.41) is 11.1. The fourth-order valence-corrected chi connectivity index (χ4v) is 1.61. The standard InChI is InChI=1S/C9H13N3/c1-7-5-8(6-7)11-9-3-2-4-10-12-9/h2-4,7-8H,5-6H2,1H3,(H,11,12). The van der Waals surface area contributed by atoms with Crippen LogP contribution in [0, 0.1) is 5.92 Å². The minimum absolute atomic E-state index is 0.622. The first-order valence-electron chi connectivity index (χ1n) is 4.39. The van der Waals surface area contributed by atoms with Crippen LogP contribution in [-0.4, -0.2) is 16.2 Å². The van der Waals surface area contributed by atoms with Crippen LogP contribution < -0.4 is 5.32 Å². The lowest BCUT2D eigenvalue weighted by atomic mass is 9.82. The van der Waals surface area contributed by atoms with Crippen molar-refractivity contribution in [3.05, 3.63) is 18.3 Å². The summed E-state index contributed by atoms with van der Waals surface area (Å²) < 4.78 is 0. The Kier molecular flexibility index (Phi) is 1.94. The molecule has 1 aromatic rings. The SMILES string of the molecule is CC1CC(Nc2cccnn2)C1. The molecule has 0 amide bonds. The first-order valence-corrected chi connectivity index (χ1v) is 4.39. The Balaban J connectivity index is 1.88. The molecule has 1 aliphatic carbocycles. The summed E-state index contributed by atoms with van der Waals surface area (Å²) in [7, 11) is 0. The van der Waals surface area contributed by atoms with Gasteiger partial charge < -0.3 is 5.32 Å². The van der Waals surface area contributed by atoms with E-state index >= 15 is 0 Å². The van der Waals surface area contributed by atoms with Crippen molar-refractivity contribution in [2.75, 3.05) is 5.32 Å². The summed E-state index contributed by atoms with van der Waals surface area (Å²) in [6.07, 6.45) is 4.21. The molecule has 0 saturated heterocycles. The fraction of sp³-hybridized carbons (Fsp3) is 0.556. The van der Waals surface area contributed by atoms with Gasteiger partial charge in [0, 0.05) is 12.2 Å². The van der Waals surface area contributed by atoms with Crippen molar-refractivity contribution in [3.63, 3.8) is 0 Å². The van der Waals surface area contributed by atoms with E-state index in [0.29, 0.717) is 6.04 Å². The first-order chi connectivity index (χ1) is 5.84. The molecule has 0 atom stereocenters. The number of rotatable bonds is 2. The van der Waals surface area contributed by atoms with E-state index in [-0.39, 0.29) is 0 Å². The second-order valence-corrected chi connectivity index (χ2v) is 3.53. The second-order valence-electron chi connectivity index (χ2n) is 3.53. The number of hydrogen-bond acceptors (Lipinski definition) is 3. The van der Waals surface area contributed by atoms with Crippen molar-refractivity contribution in [2.24, 2.45) is 5.92 Å². The van der Waals surface area contributed by atoms with Crippen molar-refractivity contribution >= 4 is 5.82 Å². The predicted octanol–water partition coefficient (Wildman–Crippen LogP) is 1.69. The lowest BCUT2D eigenvalue weighted by Gasteiger charge is -2.33. The quantitative estimate of drug-likeness (QED) is 0.721. The largest absolute Gasteiger partial charge is 0.366 e. The summed E-state index contributed by atoms with van der Waals surface area (Å²) in [6.45, 7) is 2.27. The van der Waals surface area contributed by atoms with Gasteiger partial charge in [-0.2, -0.15) is 5.10 Å². The van der Waals surface area contributed by atoms with Crippen LogP contribution in [0.25, 0.3) is 0 Å². The van der Waals surface area contributed by atoms with E-state index in [2.05, 4.69) is 22.4 Å². The summed E-state index contributed by atoms with van der Waals surface area (Å²) in [5.74, 6) is 1.77. The normalized spacial score (nSPS) is 27.8. The second kappa shape index (κ2) is 3.09. The molecule has 1 fully saturated rings. The van der Waals surface area contributed by atoms with E-state index in [0.717, 1.165) is 11.7 Å². The van der Waals surface area contributed by atoms with Gasteiger partial charge in [-0.1, -0.05) is 6.92 Å². The number of nitrogens with zero attached hydrogens (tertiary/aromatic N) is 2. The lowest BCUT2D eigenvalue weighted by Crippen LogP contribution is -2.34. The summed E-state index contributed by atoms with van der Waals surface area (Å²) in [6, 6.07) is 4.48. The molecular formula is C9H13N3. The molecule has 1 N–H and O–H groups in total. The van der Waals surface area contributed by atoms with Crippen LogP contribution in [0.4, 0.5) is 5.82 Å². The minimum Gasteiger partial charge on any atom is -0.366 e. The van der Waals surface area contributed by atoms with Crippen molar-refractivity contribution in [1.82, 2.24) is 10.2 Å². The molecule has 2 rings (SSSR count). The van der Waals surface area contributed by atoms with E-state index in [1.807, 2.05) is 12.1 Å². The molecule has 3 heteroatoms. The third kappa shape index (κ3) is 1.55. The molecule has 0 aliphatic heterocycles. The van der Waals surface area contributed by atoms with E-state index in [4.69, 9.17) is 0 Å². The molecule has 0 unspecified atom stereocenters. The molecule has 1 saturated carbocycles. The van der Waals surface area contributed by atoms with Crippen LogP contribution in [0.5, 0.6) is 0 Å². The van der Waals surface area contributed by atoms with Gasteiger partial charge in [-0.15, -0.1) is 5.10 Å². The average molecular weight is 163 g/mol. The lowest BCUT2D eigenvalue weighted by molar-refractivity contribution is 0.308. The monoisotopic (exact) mass is 163 g/mol. The highest BCUT2D eigenvalue weighted by Crippen LogP contribution is 2.28. The van der Waals surface area contributed by atoms with E-state index < -0.39 is 0 Å². The van der Waals surface area contributed by atoms with Gasteiger partial charge >= 0.3 is 0 Å². The number of aromatic nitrogens is 2. The van der Waals surface area contributed by atoms with Crippen LogP contribution in [0.15, 0.2) is 18.3 Å². The Morgan fingerprint density at radius 3 is 2.92 bits per heavy atom. The number of nitrogens with one attached hydrogen (secondary N) is 1. The molecule has 64 valence electrons. The molecule has 0 aromatic carbocycles. The molecule has 1 heterocycles. The third-order valence-electron chi connectivity index (χ3n) is 2.30. The Labute approximate surface area is 72.2 Å². The maximum absolute atomic E-state index is 3.96. The van der Waals surface area contributed by atoms with E-state index in [9.17, 15) is 0 Å². The highest BCUT2D eigenvalue weighted by atomic mass is 15.2. The fourth-order valence-electron chi connectivity index (χ4n) is 1.61. The molecule has 0 bridgehead atoms. The van der Waals surface area contributed by atoms with Gasteiger partial charge in [-0.25, -0.2) is 0 Å². The summed E-state index contributed by atoms with van der Waals surface area (Å²) in [4.78, 5) is 0. The van der Waals surface area contributed by atoms with Gasteiger partial charge in [-0.05, 0) is 30.9 Å². The molecule has 0 radical (unpaired) electrons. The molecular weight excluding hydrogens is 150 g/mol. The van der Waals surface area contributed by atoms with Crippen LogP contribution in [0.1, 0.15) is 19.8 Å². The smallest absolute Gasteiger partial charge is 0.148 e. The van der Waals surface area contributed by atoms with Gasteiger partial charge in [0.2, 0.25) is 0 Å².